The van der Waals surface area contributed by atoms with E-state index >= 15 is 0 Å². The van der Waals surface area contributed by atoms with Crippen LogP contribution in [0.25, 0.3) is 10.2 Å². The van der Waals surface area contributed by atoms with Crippen molar-refractivity contribution >= 4 is 32.6 Å². The van der Waals surface area contributed by atoms with Gasteiger partial charge in [0.15, 0.2) is 5.13 Å². The zero-order valence-corrected chi connectivity index (χ0v) is 14.1. The summed E-state index contributed by atoms with van der Waals surface area (Å²) in [6.07, 6.45) is 1.04. The first-order valence-electron chi connectivity index (χ1n) is 7.67. The van der Waals surface area contributed by atoms with Crippen molar-refractivity contribution < 1.29 is 14.3 Å². The van der Waals surface area contributed by atoms with Crippen molar-refractivity contribution in [2.75, 3.05) is 19.0 Å². The molecule has 0 aliphatic heterocycles. The van der Waals surface area contributed by atoms with Crippen molar-refractivity contribution in [1.82, 2.24) is 4.98 Å². The molecule has 0 aliphatic carbocycles. The number of nitrogens with one attached hydrogen (secondary N) is 1. The number of carbonyl (C=O) groups excluding carboxylic acids is 1. The number of thiazole rings is 1. The minimum atomic E-state index is -0.0487. The van der Waals surface area contributed by atoms with Crippen molar-refractivity contribution in [1.29, 1.82) is 0 Å². The quantitative estimate of drug-likeness (QED) is 0.657. The fourth-order valence-corrected chi connectivity index (χ4v) is 3.08. The molecule has 3 rings (SSSR count). The van der Waals surface area contributed by atoms with Crippen molar-refractivity contribution in [3.8, 4) is 11.5 Å². The normalized spacial score (nSPS) is 10.5. The maximum absolute atomic E-state index is 12.0. The molecule has 0 saturated carbocycles. The maximum Gasteiger partial charge on any atom is 0.226 e. The molecule has 0 fully saturated rings. The third-order valence-electron chi connectivity index (χ3n) is 3.42. The first kappa shape index (κ1) is 16.3. The molecule has 5 nitrogen and oxygen atoms in total. The first-order valence-corrected chi connectivity index (χ1v) is 8.48. The molecule has 1 aromatic heterocycles. The van der Waals surface area contributed by atoms with Gasteiger partial charge in [0.2, 0.25) is 5.91 Å². The number of methoxy groups -OCH3 is 1. The first-order chi connectivity index (χ1) is 11.7. The number of rotatable bonds is 7. The number of aromatic nitrogens is 1. The van der Waals surface area contributed by atoms with Gasteiger partial charge in [0.25, 0.3) is 0 Å². The number of amides is 1. The Balaban J connectivity index is 1.42. The van der Waals surface area contributed by atoms with Crippen LogP contribution in [-0.2, 0) is 4.79 Å². The van der Waals surface area contributed by atoms with Crippen molar-refractivity contribution in [2.24, 2.45) is 0 Å². The molecule has 3 aromatic rings. The van der Waals surface area contributed by atoms with Crippen LogP contribution in [0.2, 0.25) is 0 Å². The summed E-state index contributed by atoms with van der Waals surface area (Å²) in [6.45, 7) is 0.486. The van der Waals surface area contributed by atoms with Crippen LogP contribution in [0.1, 0.15) is 12.8 Å². The van der Waals surface area contributed by atoms with Gasteiger partial charge >= 0.3 is 0 Å². The van der Waals surface area contributed by atoms with Gasteiger partial charge in [-0.25, -0.2) is 4.98 Å². The molecule has 0 unspecified atom stereocenters. The predicted octanol–water partition coefficient (Wildman–Crippen LogP) is 4.10. The number of hydrogen-bond donors (Lipinski definition) is 1. The van der Waals surface area contributed by atoms with E-state index in [0.717, 1.165) is 21.7 Å². The predicted molar refractivity (Wildman–Crippen MR) is 96.0 cm³/mol. The number of nitrogens with zero attached hydrogens (tertiary/aromatic N) is 1. The highest BCUT2D eigenvalue weighted by molar-refractivity contribution is 7.22. The van der Waals surface area contributed by atoms with E-state index in [0.29, 0.717) is 24.6 Å². The summed E-state index contributed by atoms with van der Waals surface area (Å²) in [5, 5.41) is 3.48. The molecule has 6 heteroatoms. The zero-order chi connectivity index (χ0) is 16.8. The van der Waals surface area contributed by atoms with Crippen molar-refractivity contribution in [2.45, 2.75) is 12.8 Å². The van der Waals surface area contributed by atoms with E-state index in [-0.39, 0.29) is 5.91 Å². The van der Waals surface area contributed by atoms with Gasteiger partial charge in [-0.2, -0.15) is 0 Å². The molecule has 0 atom stereocenters. The topological polar surface area (TPSA) is 60.5 Å². The second kappa shape index (κ2) is 7.79. The summed E-state index contributed by atoms with van der Waals surface area (Å²) in [4.78, 5) is 16.4. The molecule has 1 amide bonds. The van der Waals surface area contributed by atoms with Gasteiger partial charge in [-0.05, 0) is 42.8 Å². The molecule has 124 valence electrons. The summed E-state index contributed by atoms with van der Waals surface area (Å²) in [7, 11) is 1.62. The van der Waals surface area contributed by atoms with Crippen molar-refractivity contribution in [3.05, 3.63) is 48.5 Å². The number of carbonyl (C=O) groups is 1. The molecular weight excluding hydrogens is 324 g/mol. The monoisotopic (exact) mass is 342 g/mol. The van der Waals surface area contributed by atoms with Gasteiger partial charge in [0, 0.05) is 6.42 Å². The largest absolute Gasteiger partial charge is 0.497 e. The Morgan fingerprint density at radius 2 is 1.88 bits per heavy atom. The third kappa shape index (κ3) is 4.23. The van der Waals surface area contributed by atoms with Gasteiger partial charge in [0.05, 0.1) is 23.9 Å². The average molecular weight is 342 g/mol. The Labute approximate surface area is 144 Å². The third-order valence-corrected chi connectivity index (χ3v) is 4.37. The second-order valence-electron chi connectivity index (χ2n) is 5.16. The van der Waals surface area contributed by atoms with Gasteiger partial charge in [-0.1, -0.05) is 23.5 Å². The van der Waals surface area contributed by atoms with Crippen LogP contribution in [0.4, 0.5) is 5.13 Å². The van der Waals surface area contributed by atoms with Crippen molar-refractivity contribution in [3.63, 3.8) is 0 Å². The average Bonchev–Trinajstić information content (AvgIpc) is 3.01. The number of benzene rings is 2. The Kier molecular flexibility index (Phi) is 5.28. The van der Waals surface area contributed by atoms with Crippen LogP contribution in [0.5, 0.6) is 11.5 Å². The number of para-hydroxylation sites is 1. The van der Waals surface area contributed by atoms with E-state index in [4.69, 9.17) is 9.47 Å². The summed E-state index contributed by atoms with van der Waals surface area (Å²) in [5.74, 6) is 1.51. The van der Waals surface area contributed by atoms with Crippen LogP contribution in [-0.4, -0.2) is 24.6 Å². The van der Waals surface area contributed by atoms with Gasteiger partial charge < -0.3 is 14.8 Å². The van der Waals surface area contributed by atoms with E-state index < -0.39 is 0 Å². The highest BCUT2D eigenvalue weighted by Gasteiger charge is 2.07. The van der Waals surface area contributed by atoms with Crippen LogP contribution < -0.4 is 14.8 Å². The van der Waals surface area contributed by atoms with Crippen LogP contribution in [0.15, 0.2) is 48.5 Å². The Morgan fingerprint density at radius 3 is 2.62 bits per heavy atom. The minimum absolute atomic E-state index is 0.0487. The van der Waals surface area contributed by atoms with Gasteiger partial charge in [-0.3, -0.25) is 4.79 Å². The highest BCUT2D eigenvalue weighted by Crippen LogP contribution is 2.25. The molecule has 0 spiro atoms. The second-order valence-corrected chi connectivity index (χ2v) is 6.19. The minimum Gasteiger partial charge on any atom is -0.497 e. The molecule has 0 aliphatic rings. The molecule has 1 N–H and O–H groups in total. The van der Waals surface area contributed by atoms with E-state index in [1.54, 1.807) is 7.11 Å². The number of anilines is 1. The summed E-state index contributed by atoms with van der Waals surface area (Å²) < 4.78 is 11.8. The van der Waals surface area contributed by atoms with E-state index in [2.05, 4.69) is 10.3 Å². The highest BCUT2D eigenvalue weighted by atomic mass is 32.1. The SMILES string of the molecule is COc1ccc(OCCCC(=O)Nc2nc3ccccc3s2)cc1. The lowest BCUT2D eigenvalue weighted by Gasteiger charge is -2.07. The number of fused-ring (bicyclic) bond motifs is 1. The summed E-state index contributed by atoms with van der Waals surface area (Å²) in [5.41, 5.74) is 0.903. The Morgan fingerprint density at radius 1 is 1.12 bits per heavy atom. The van der Waals surface area contributed by atoms with E-state index in [1.165, 1.54) is 11.3 Å². The fourth-order valence-electron chi connectivity index (χ4n) is 2.20. The molecule has 0 saturated heterocycles. The molecule has 0 bridgehead atoms. The fraction of sp³-hybridized carbons (Fsp3) is 0.222. The molecule has 2 aromatic carbocycles. The Bertz CT molecular complexity index is 782. The van der Waals surface area contributed by atoms with E-state index in [9.17, 15) is 4.79 Å². The molecular formula is C18H18N2O3S. The van der Waals surface area contributed by atoms with Gasteiger partial charge in [-0.15, -0.1) is 0 Å². The van der Waals surface area contributed by atoms with Crippen LogP contribution >= 0.6 is 11.3 Å². The van der Waals surface area contributed by atoms with Crippen LogP contribution in [0.3, 0.4) is 0 Å². The standard InChI is InChI=1S/C18H18N2O3S/c1-22-13-8-10-14(11-9-13)23-12-4-7-17(21)20-18-19-15-5-2-3-6-16(15)24-18/h2-3,5-6,8-11H,4,7,12H2,1H3,(H,19,20,21). The van der Waals surface area contributed by atoms with Crippen LogP contribution in [0, 0.1) is 0 Å². The maximum atomic E-state index is 12.0. The molecule has 0 radical (unpaired) electrons. The lowest BCUT2D eigenvalue weighted by Crippen LogP contribution is -2.12. The zero-order valence-electron chi connectivity index (χ0n) is 13.3. The lowest BCUT2D eigenvalue weighted by atomic mass is 10.3. The number of ether oxygens (including phenoxy) is 2. The molecule has 1 heterocycles. The lowest BCUT2D eigenvalue weighted by molar-refractivity contribution is -0.116. The smallest absolute Gasteiger partial charge is 0.226 e. The Hall–Kier alpha value is -2.60. The molecule has 24 heavy (non-hydrogen) atoms. The number of hydrogen-bond acceptors (Lipinski definition) is 5. The van der Waals surface area contributed by atoms with Gasteiger partial charge in [0.1, 0.15) is 11.5 Å². The van der Waals surface area contributed by atoms with E-state index in [1.807, 2.05) is 48.5 Å². The summed E-state index contributed by atoms with van der Waals surface area (Å²) >= 11 is 1.48. The summed E-state index contributed by atoms with van der Waals surface area (Å²) in [6, 6.07) is 15.2.